The molecule has 4 rings (SSSR count). The number of benzene rings is 3. The first-order valence-electron chi connectivity index (χ1n) is 11.6. The number of hydrogen-bond acceptors (Lipinski definition) is 5. The number of amides is 1. The van der Waals surface area contributed by atoms with Gasteiger partial charge < -0.3 is 19.6 Å². The van der Waals surface area contributed by atoms with E-state index in [1.165, 1.54) is 12.1 Å². The van der Waals surface area contributed by atoms with E-state index in [0.717, 1.165) is 31.2 Å². The Bertz CT molecular complexity index is 1390. The molecule has 0 saturated heterocycles. The summed E-state index contributed by atoms with van der Waals surface area (Å²) in [7, 11) is 0. The summed E-state index contributed by atoms with van der Waals surface area (Å²) in [6.07, 6.45) is 2.44. The van der Waals surface area contributed by atoms with E-state index in [4.69, 9.17) is 14.3 Å². The van der Waals surface area contributed by atoms with Crippen molar-refractivity contribution < 1.29 is 23.8 Å². The highest BCUT2D eigenvalue weighted by molar-refractivity contribution is 6.20. The summed E-state index contributed by atoms with van der Waals surface area (Å²) in [5.74, 6) is 0.841. The molecule has 7 heteroatoms. The Labute approximate surface area is 202 Å². The van der Waals surface area contributed by atoms with Crippen molar-refractivity contribution in [3.8, 4) is 17.1 Å². The zero-order chi connectivity index (χ0) is 24.8. The zero-order valence-corrected chi connectivity index (χ0v) is 19.5. The van der Waals surface area contributed by atoms with E-state index in [-0.39, 0.29) is 11.2 Å². The van der Waals surface area contributed by atoms with Crippen molar-refractivity contribution in [2.75, 3.05) is 13.2 Å². The second-order valence-corrected chi connectivity index (χ2v) is 8.43. The minimum atomic E-state index is -1.00. The van der Waals surface area contributed by atoms with Gasteiger partial charge in [0.25, 0.3) is 0 Å². The molecule has 0 bridgehead atoms. The third-order valence-corrected chi connectivity index (χ3v) is 5.90. The van der Waals surface area contributed by atoms with Crippen LogP contribution in [0.15, 0.2) is 69.9 Å². The van der Waals surface area contributed by atoms with Gasteiger partial charge in [0.15, 0.2) is 11.2 Å². The lowest BCUT2D eigenvalue weighted by Crippen LogP contribution is -2.21. The molecule has 0 fully saturated rings. The van der Waals surface area contributed by atoms with Crippen LogP contribution in [-0.4, -0.2) is 30.1 Å². The molecule has 0 atom stereocenters. The molecule has 0 aromatic heterocycles. The first kappa shape index (κ1) is 24.0. The molecule has 0 radical (unpaired) electrons. The molecule has 2 aromatic carbocycles. The van der Waals surface area contributed by atoms with E-state index in [1.807, 2.05) is 37.3 Å². The lowest BCUT2D eigenvalue weighted by molar-refractivity contribution is 0.103. The maximum absolute atomic E-state index is 13.6. The van der Waals surface area contributed by atoms with E-state index >= 15 is 0 Å². The summed E-state index contributed by atoms with van der Waals surface area (Å²) in [6.45, 7) is 2.85. The van der Waals surface area contributed by atoms with Crippen LogP contribution >= 0.6 is 0 Å². The topological polar surface area (TPSA) is 106 Å². The van der Waals surface area contributed by atoms with Gasteiger partial charge in [0, 0.05) is 40.8 Å². The van der Waals surface area contributed by atoms with Gasteiger partial charge in [-0.1, -0.05) is 37.1 Å². The Hall–Kier alpha value is -4.13. The maximum atomic E-state index is 13.6. The number of carbonyl (C=O) groups excluding carboxylic acids is 1. The molecule has 180 valence electrons. The highest BCUT2D eigenvalue weighted by Crippen LogP contribution is 2.36. The fraction of sp³-hybridized carbons (Fsp3) is 0.250. The molecule has 1 aliphatic heterocycles. The summed E-state index contributed by atoms with van der Waals surface area (Å²) in [5.41, 5.74) is 2.84. The van der Waals surface area contributed by atoms with E-state index in [1.54, 1.807) is 18.2 Å². The second-order valence-electron chi connectivity index (χ2n) is 8.43. The normalized spacial score (nSPS) is 11.0. The Balaban J connectivity index is 1.57. The van der Waals surface area contributed by atoms with Crippen LogP contribution in [0.2, 0.25) is 0 Å². The molecular formula is C28H27NO6. The smallest absolute Gasteiger partial charge is 0.404 e. The lowest BCUT2D eigenvalue weighted by Gasteiger charge is -2.15. The van der Waals surface area contributed by atoms with E-state index in [9.17, 15) is 14.4 Å². The number of rotatable bonds is 10. The van der Waals surface area contributed by atoms with Crippen LogP contribution in [-0.2, 0) is 0 Å². The fourth-order valence-corrected chi connectivity index (χ4v) is 4.11. The minimum Gasteiger partial charge on any atom is -0.493 e. The molecule has 1 heterocycles. The number of aryl methyl sites for hydroxylation is 1. The van der Waals surface area contributed by atoms with E-state index < -0.39 is 6.09 Å². The largest absolute Gasteiger partial charge is 0.493 e. The van der Waals surface area contributed by atoms with Gasteiger partial charge in [0.2, 0.25) is 0 Å². The first-order chi connectivity index (χ1) is 16.9. The predicted octanol–water partition coefficient (Wildman–Crippen LogP) is 5.64. The average molecular weight is 474 g/mol. The van der Waals surface area contributed by atoms with Crippen molar-refractivity contribution in [3.63, 3.8) is 0 Å². The molecule has 1 amide bonds. The number of hydrogen-bond donors (Lipinski definition) is 2. The van der Waals surface area contributed by atoms with Crippen molar-refractivity contribution >= 4 is 22.8 Å². The predicted molar refractivity (Wildman–Crippen MR) is 134 cm³/mol. The molecule has 0 spiro atoms. The van der Waals surface area contributed by atoms with Crippen LogP contribution < -0.4 is 15.5 Å². The lowest BCUT2D eigenvalue weighted by atomic mass is 9.91. The maximum Gasteiger partial charge on any atom is 0.404 e. The van der Waals surface area contributed by atoms with Crippen LogP contribution in [0.25, 0.3) is 22.3 Å². The number of fused-ring (bicyclic) bond motifs is 2. The van der Waals surface area contributed by atoms with Gasteiger partial charge in [-0.2, -0.15) is 0 Å². The molecule has 7 nitrogen and oxygen atoms in total. The number of nitrogens with one attached hydrogen (secondary N) is 1. The van der Waals surface area contributed by atoms with Crippen LogP contribution in [0.5, 0.6) is 5.75 Å². The molecular weight excluding hydrogens is 446 g/mol. The Kier molecular flexibility index (Phi) is 7.45. The highest BCUT2D eigenvalue weighted by Gasteiger charge is 2.23. The van der Waals surface area contributed by atoms with Crippen LogP contribution in [0.1, 0.15) is 47.2 Å². The standard InChI is InChI=1S/C28H27NO6/c1-18-8-4-5-9-21(18)27(31)26-22-12-10-19(30)16-24(22)35-25-17-20(11-13-23(25)26)34-15-7-3-2-6-14-29-28(32)33/h4-5,8-13,16-17,29H,2-3,6-7,14-15H2,1H3,(H,32,33). The van der Waals surface area contributed by atoms with E-state index in [0.29, 0.717) is 52.3 Å². The molecule has 2 N–H and O–H groups in total. The highest BCUT2D eigenvalue weighted by atomic mass is 16.5. The quantitative estimate of drug-likeness (QED) is 0.175. The van der Waals surface area contributed by atoms with Crippen molar-refractivity contribution in [2.45, 2.75) is 32.6 Å². The van der Waals surface area contributed by atoms with Gasteiger partial charge >= 0.3 is 6.09 Å². The van der Waals surface area contributed by atoms with Crippen molar-refractivity contribution in [1.29, 1.82) is 0 Å². The number of ketones is 1. The monoisotopic (exact) mass is 473 g/mol. The third-order valence-electron chi connectivity index (χ3n) is 5.90. The van der Waals surface area contributed by atoms with Crippen LogP contribution in [0.4, 0.5) is 4.79 Å². The Morgan fingerprint density at radius 2 is 1.77 bits per heavy atom. The summed E-state index contributed by atoms with van der Waals surface area (Å²) in [6, 6.07) is 17.3. The molecule has 0 unspecified atom stereocenters. The number of unbranched alkanes of at least 4 members (excludes halogenated alkanes) is 3. The zero-order valence-electron chi connectivity index (χ0n) is 19.5. The molecule has 2 aromatic rings. The summed E-state index contributed by atoms with van der Waals surface area (Å²) in [4.78, 5) is 36.1. The van der Waals surface area contributed by atoms with Crippen molar-refractivity contribution in [2.24, 2.45) is 0 Å². The van der Waals surface area contributed by atoms with Crippen LogP contribution in [0.3, 0.4) is 0 Å². The summed E-state index contributed by atoms with van der Waals surface area (Å²) >= 11 is 0. The van der Waals surface area contributed by atoms with Crippen LogP contribution in [0, 0.1) is 6.92 Å². The summed E-state index contributed by atoms with van der Waals surface area (Å²) < 4.78 is 11.9. The van der Waals surface area contributed by atoms with Gasteiger partial charge in [-0.3, -0.25) is 9.59 Å². The van der Waals surface area contributed by atoms with Gasteiger partial charge in [-0.05, 0) is 49.6 Å². The SMILES string of the molecule is Cc1ccccc1C(=O)c1c2ccc(=O)cc-2oc2cc(OCCCCCCNC(=O)O)ccc12. The van der Waals surface area contributed by atoms with Gasteiger partial charge in [0.1, 0.15) is 17.1 Å². The molecule has 35 heavy (non-hydrogen) atoms. The molecule has 1 aliphatic carbocycles. The van der Waals surface area contributed by atoms with Gasteiger partial charge in [-0.15, -0.1) is 0 Å². The van der Waals surface area contributed by atoms with Gasteiger partial charge in [-0.25, -0.2) is 4.79 Å². The Morgan fingerprint density at radius 3 is 2.57 bits per heavy atom. The molecule has 2 aliphatic rings. The number of ether oxygens (including phenoxy) is 1. The third kappa shape index (κ3) is 5.69. The van der Waals surface area contributed by atoms with Crippen molar-refractivity contribution in [3.05, 3.63) is 87.6 Å². The van der Waals surface area contributed by atoms with Crippen molar-refractivity contribution in [1.82, 2.24) is 5.32 Å². The second kappa shape index (κ2) is 10.9. The van der Waals surface area contributed by atoms with Gasteiger partial charge in [0.05, 0.1) is 6.61 Å². The summed E-state index contributed by atoms with van der Waals surface area (Å²) in [5, 5.41) is 11.6. The first-order valence-corrected chi connectivity index (χ1v) is 11.6. The number of carbonyl (C=O) groups is 2. The minimum absolute atomic E-state index is 0.126. The number of carboxylic acid groups (broad SMARTS) is 1. The average Bonchev–Trinajstić information content (AvgIpc) is 2.83. The molecule has 0 saturated carbocycles. The van der Waals surface area contributed by atoms with E-state index in [2.05, 4.69) is 5.32 Å². The fourth-order valence-electron chi connectivity index (χ4n) is 4.11. The Morgan fingerprint density at radius 1 is 0.971 bits per heavy atom.